The van der Waals surface area contributed by atoms with Crippen LogP contribution in [0.5, 0.6) is 0 Å². The highest BCUT2D eigenvalue weighted by Gasteiger charge is 1.96. The SMILES string of the molecule is CCCCCCC#Cc1ccc(C=CC(=O)O)o1. The molecule has 96 valence electrons. The monoisotopic (exact) mass is 246 g/mol. The van der Waals surface area contributed by atoms with Crippen LogP contribution in [0.3, 0.4) is 0 Å². The van der Waals surface area contributed by atoms with Gasteiger partial charge in [-0.15, -0.1) is 0 Å². The first-order chi connectivity index (χ1) is 8.72. The Morgan fingerprint density at radius 2 is 2.22 bits per heavy atom. The Morgan fingerprint density at radius 1 is 1.39 bits per heavy atom. The van der Waals surface area contributed by atoms with Crippen LogP contribution in [-0.2, 0) is 4.79 Å². The zero-order valence-corrected chi connectivity index (χ0v) is 10.6. The number of hydrogen-bond acceptors (Lipinski definition) is 2. The van der Waals surface area contributed by atoms with Gasteiger partial charge in [-0.25, -0.2) is 4.79 Å². The molecule has 0 radical (unpaired) electrons. The van der Waals surface area contributed by atoms with Crippen LogP contribution >= 0.6 is 0 Å². The summed E-state index contributed by atoms with van der Waals surface area (Å²) in [6.45, 7) is 2.18. The fraction of sp³-hybridized carbons (Fsp3) is 0.400. The maximum Gasteiger partial charge on any atom is 0.328 e. The van der Waals surface area contributed by atoms with Crippen molar-refractivity contribution in [3.05, 3.63) is 29.7 Å². The fourth-order valence-corrected chi connectivity index (χ4v) is 1.45. The summed E-state index contributed by atoms with van der Waals surface area (Å²) in [5, 5.41) is 8.47. The average molecular weight is 246 g/mol. The molecule has 0 aliphatic carbocycles. The lowest BCUT2D eigenvalue weighted by molar-refractivity contribution is -0.131. The topological polar surface area (TPSA) is 50.4 Å². The normalized spacial score (nSPS) is 10.3. The molecule has 0 unspecified atom stereocenters. The summed E-state index contributed by atoms with van der Waals surface area (Å²) in [6.07, 6.45) is 8.15. The summed E-state index contributed by atoms with van der Waals surface area (Å²) >= 11 is 0. The summed E-state index contributed by atoms with van der Waals surface area (Å²) in [6, 6.07) is 3.46. The van der Waals surface area contributed by atoms with Crippen LogP contribution < -0.4 is 0 Å². The van der Waals surface area contributed by atoms with Gasteiger partial charge < -0.3 is 9.52 Å². The number of hydrogen-bond donors (Lipinski definition) is 1. The molecule has 18 heavy (non-hydrogen) atoms. The molecule has 0 saturated carbocycles. The zero-order valence-electron chi connectivity index (χ0n) is 10.6. The Bertz CT molecular complexity index is 458. The van der Waals surface area contributed by atoms with E-state index in [1.807, 2.05) is 0 Å². The second-order valence-electron chi connectivity index (χ2n) is 3.99. The van der Waals surface area contributed by atoms with Crippen molar-refractivity contribution in [2.75, 3.05) is 0 Å². The summed E-state index contributed by atoms with van der Waals surface area (Å²) < 4.78 is 5.34. The quantitative estimate of drug-likeness (QED) is 0.473. The largest absolute Gasteiger partial charge is 0.478 e. The van der Waals surface area contributed by atoms with Gasteiger partial charge in [-0.2, -0.15) is 0 Å². The van der Waals surface area contributed by atoms with E-state index >= 15 is 0 Å². The smallest absolute Gasteiger partial charge is 0.328 e. The lowest BCUT2D eigenvalue weighted by Gasteiger charge is -1.91. The Kier molecular flexibility index (Phi) is 6.42. The third-order valence-corrected chi connectivity index (χ3v) is 2.38. The minimum atomic E-state index is -0.991. The summed E-state index contributed by atoms with van der Waals surface area (Å²) in [5.74, 6) is 6.08. The molecule has 1 aromatic heterocycles. The van der Waals surface area contributed by atoms with Crippen molar-refractivity contribution in [2.24, 2.45) is 0 Å². The van der Waals surface area contributed by atoms with Crippen LogP contribution in [0.4, 0.5) is 0 Å². The molecule has 0 amide bonds. The molecule has 0 fully saturated rings. The van der Waals surface area contributed by atoms with Crippen molar-refractivity contribution < 1.29 is 14.3 Å². The van der Waals surface area contributed by atoms with Crippen LogP contribution in [0.25, 0.3) is 6.08 Å². The lowest BCUT2D eigenvalue weighted by Crippen LogP contribution is -1.84. The van der Waals surface area contributed by atoms with E-state index < -0.39 is 5.97 Å². The van der Waals surface area contributed by atoms with E-state index in [-0.39, 0.29) is 0 Å². The first-order valence-electron chi connectivity index (χ1n) is 6.22. The van der Waals surface area contributed by atoms with Gasteiger partial charge in [0.2, 0.25) is 0 Å². The number of carboxylic acids is 1. The zero-order chi connectivity index (χ0) is 13.2. The van der Waals surface area contributed by atoms with Crippen LogP contribution in [0, 0.1) is 11.8 Å². The maximum atomic E-state index is 10.3. The van der Waals surface area contributed by atoms with Crippen molar-refractivity contribution in [1.29, 1.82) is 0 Å². The molecule has 1 aromatic rings. The van der Waals surface area contributed by atoms with Gasteiger partial charge in [0, 0.05) is 12.5 Å². The van der Waals surface area contributed by atoms with E-state index in [1.165, 1.54) is 25.3 Å². The standard InChI is InChI=1S/C15H18O3/c1-2-3-4-5-6-7-8-13-9-10-14(18-13)11-12-15(16)17/h9-12H,2-6H2,1H3,(H,16,17). The maximum absolute atomic E-state index is 10.3. The molecule has 0 bridgehead atoms. The third-order valence-electron chi connectivity index (χ3n) is 2.38. The predicted octanol–water partition coefficient (Wildman–Crippen LogP) is 3.70. The van der Waals surface area contributed by atoms with Crippen molar-refractivity contribution in [2.45, 2.75) is 39.0 Å². The van der Waals surface area contributed by atoms with Crippen LogP contribution in [-0.4, -0.2) is 11.1 Å². The number of carbonyl (C=O) groups is 1. The molecule has 0 aromatic carbocycles. The second kappa shape index (κ2) is 8.19. The first-order valence-corrected chi connectivity index (χ1v) is 6.22. The average Bonchev–Trinajstić information content (AvgIpc) is 2.79. The van der Waals surface area contributed by atoms with Gasteiger partial charge >= 0.3 is 5.97 Å². The molecule has 1 N–H and O–H groups in total. The van der Waals surface area contributed by atoms with E-state index in [2.05, 4.69) is 18.8 Å². The Morgan fingerprint density at radius 3 is 2.94 bits per heavy atom. The van der Waals surface area contributed by atoms with Gasteiger partial charge in [-0.1, -0.05) is 32.1 Å². The second-order valence-corrected chi connectivity index (χ2v) is 3.99. The Balaban J connectivity index is 2.39. The molecule has 0 spiro atoms. The van der Waals surface area contributed by atoms with Gasteiger partial charge in [0.25, 0.3) is 0 Å². The Labute approximate surface area is 108 Å². The molecule has 0 atom stereocenters. The highest BCUT2D eigenvalue weighted by molar-refractivity contribution is 5.84. The van der Waals surface area contributed by atoms with Crippen molar-refractivity contribution >= 4 is 12.0 Å². The number of rotatable bonds is 6. The van der Waals surface area contributed by atoms with E-state index in [9.17, 15) is 4.79 Å². The van der Waals surface area contributed by atoms with Crippen molar-refractivity contribution in [3.63, 3.8) is 0 Å². The highest BCUT2D eigenvalue weighted by atomic mass is 16.4. The van der Waals surface area contributed by atoms with Gasteiger partial charge in [0.1, 0.15) is 5.76 Å². The molecule has 1 rings (SSSR count). The van der Waals surface area contributed by atoms with E-state index in [0.29, 0.717) is 11.5 Å². The molecule has 3 nitrogen and oxygen atoms in total. The van der Waals surface area contributed by atoms with E-state index in [4.69, 9.17) is 9.52 Å². The van der Waals surface area contributed by atoms with Crippen LogP contribution in [0.2, 0.25) is 0 Å². The van der Waals surface area contributed by atoms with E-state index in [1.54, 1.807) is 12.1 Å². The third kappa shape index (κ3) is 5.95. The number of furan rings is 1. The Hall–Kier alpha value is -1.95. The molecule has 0 aliphatic heterocycles. The van der Waals surface area contributed by atoms with Crippen LogP contribution in [0.15, 0.2) is 22.6 Å². The van der Waals surface area contributed by atoms with Gasteiger partial charge in [0.05, 0.1) is 0 Å². The van der Waals surface area contributed by atoms with Crippen molar-refractivity contribution in [1.82, 2.24) is 0 Å². The molecule has 0 saturated heterocycles. The van der Waals surface area contributed by atoms with E-state index in [0.717, 1.165) is 18.9 Å². The summed E-state index contributed by atoms with van der Waals surface area (Å²) in [4.78, 5) is 10.3. The molecule has 3 heteroatoms. The first kappa shape index (κ1) is 14.1. The summed E-state index contributed by atoms with van der Waals surface area (Å²) in [7, 11) is 0. The number of carboxylic acid groups (broad SMARTS) is 1. The van der Waals surface area contributed by atoms with Gasteiger partial charge in [-0.05, 0) is 30.6 Å². The minimum absolute atomic E-state index is 0.507. The highest BCUT2D eigenvalue weighted by Crippen LogP contribution is 2.08. The number of aliphatic carboxylic acids is 1. The van der Waals surface area contributed by atoms with Crippen molar-refractivity contribution in [3.8, 4) is 11.8 Å². The van der Waals surface area contributed by atoms with Crippen LogP contribution in [0.1, 0.15) is 50.5 Å². The fourth-order valence-electron chi connectivity index (χ4n) is 1.45. The summed E-state index contributed by atoms with van der Waals surface area (Å²) in [5.41, 5.74) is 0. The minimum Gasteiger partial charge on any atom is -0.478 e. The molecular weight excluding hydrogens is 228 g/mol. The molecule has 0 aliphatic rings. The van der Waals surface area contributed by atoms with Gasteiger partial charge in [-0.3, -0.25) is 0 Å². The molecule has 1 heterocycles. The lowest BCUT2D eigenvalue weighted by atomic mass is 10.1. The van der Waals surface area contributed by atoms with Gasteiger partial charge in [0.15, 0.2) is 5.76 Å². The predicted molar refractivity (Wildman–Crippen MR) is 71.0 cm³/mol. The molecular formula is C15H18O3. The number of unbranched alkanes of at least 4 members (excludes halogenated alkanes) is 4.